The molecule has 170 valence electrons. The number of nitrogens with two attached hydrogens (primary N) is 1. The summed E-state index contributed by atoms with van der Waals surface area (Å²) < 4.78 is 40.5. The maximum atomic E-state index is 13.3. The largest absolute Gasteiger partial charge is 0.368 e. The predicted molar refractivity (Wildman–Crippen MR) is 124 cm³/mol. The maximum Gasteiger partial charge on any atom is 0.224 e. The van der Waals surface area contributed by atoms with Gasteiger partial charge in [0.15, 0.2) is 11.5 Å². The summed E-state index contributed by atoms with van der Waals surface area (Å²) in [7, 11) is -3.43. The number of imidazole rings is 1. The number of aromatic amines is 1. The Bertz CT molecular complexity index is 1380. The van der Waals surface area contributed by atoms with Gasteiger partial charge in [-0.1, -0.05) is 30.3 Å². The van der Waals surface area contributed by atoms with Gasteiger partial charge in [0.2, 0.25) is 16.0 Å². The van der Waals surface area contributed by atoms with Gasteiger partial charge < -0.3 is 15.6 Å². The summed E-state index contributed by atoms with van der Waals surface area (Å²) in [5.74, 6) is 0.808. The highest BCUT2D eigenvalue weighted by Gasteiger charge is 2.29. The number of fused-ring (bicyclic) bond motifs is 1. The van der Waals surface area contributed by atoms with Crippen molar-refractivity contribution in [3.05, 3.63) is 66.0 Å². The highest BCUT2D eigenvalue weighted by Crippen LogP contribution is 2.28. The molecule has 1 aliphatic rings. The summed E-state index contributed by atoms with van der Waals surface area (Å²) in [6.45, 7) is 1.56. The lowest BCUT2D eigenvalue weighted by Crippen LogP contribution is -2.49. The molecule has 0 aliphatic carbocycles. The zero-order valence-corrected chi connectivity index (χ0v) is 18.5. The molecule has 3 heterocycles. The van der Waals surface area contributed by atoms with Crippen LogP contribution in [0.5, 0.6) is 0 Å². The number of halogens is 1. The number of hydrogen-bond donors (Lipinski definition) is 2. The molecule has 4 aromatic rings. The van der Waals surface area contributed by atoms with Crippen molar-refractivity contribution in [3.8, 4) is 11.4 Å². The first-order valence-corrected chi connectivity index (χ1v) is 12.1. The van der Waals surface area contributed by atoms with Crippen LogP contribution in [0, 0.1) is 5.82 Å². The number of piperazine rings is 1. The fourth-order valence-electron chi connectivity index (χ4n) is 3.93. The third kappa shape index (κ3) is 4.37. The second kappa shape index (κ2) is 8.41. The summed E-state index contributed by atoms with van der Waals surface area (Å²) in [5, 5.41) is 0. The normalized spacial score (nSPS) is 15.2. The van der Waals surface area contributed by atoms with E-state index in [1.54, 1.807) is 12.1 Å². The first kappa shape index (κ1) is 21.3. The Morgan fingerprint density at radius 3 is 2.33 bits per heavy atom. The van der Waals surface area contributed by atoms with E-state index in [0.717, 1.165) is 5.56 Å². The molecule has 11 heteroatoms. The van der Waals surface area contributed by atoms with Crippen molar-refractivity contribution in [3.63, 3.8) is 0 Å². The number of nitrogen functional groups attached to an aromatic ring is 1. The monoisotopic (exact) mass is 467 g/mol. The molecule has 2 aromatic carbocycles. The Morgan fingerprint density at radius 2 is 1.64 bits per heavy atom. The van der Waals surface area contributed by atoms with Gasteiger partial charge in [0, 0.05) is 31.7 Å². The number of rotatable bonds is 5. The van der Waals surface area contributed by atoms with Crippen molar-refractivity contribution < 1.29 is 12.8 Å². The smallest absolute Gasteiger partial charge is 0.224 e. The van der Waals surface area contributed by atoms with Crippen LogP contribution in [-0.2, 0) is 15.8 Å². The topological polar surface area (TPSA) is 121 Å². The standard InChI is InChI=1S/C22H22FN7O2S/c23-17-8-6-16(7-9-17)19-25-18-20(26-19)27-22(24)28-21(18)29-10-12-30(13-11-29)33(31,32)14-15-4-2-1-3-5-15/h1-9H,10-14H2,(H3,24,25,26,27,28). The van der Waals surface area contributed by atoms with Gasteiger partial charge in [0.05, 0.1) is 5.75 Å². The van der Waals surface area contributed by atoms with E-state index in [1.165, 1.54) is 16.4 Å². The van der Waals surface area contributed by atoms with Gasteiger partial charge in [0.25, 0.3) is 0 Å². The van der Waals surface area contributed by atoms with Gasteiger partial charge in [-0.15, -0.1) is 0 Å². The molecule has 9 nitrogen and oxygen atoms in total. The molecular formula is C22H22FN7O2S. The minimum atomic E-state index is -3.43. The molecular weight excluding hydrogens is 445 g/mol. The Labute approximate surface area is 190 Å². The second-order valence-corrected chi connectivity index (χ2v) is 9.79. The fraction of sp³-hybridized carbons (Fsp3) is 0.227. The van der Waals surface area contributed by atoms with Crippen molar-refractivity contribution in [2.75, 3.05) is 36.8 Å². The van der Waals surface area contributed by atoms with Gasteiger partial charge in [0.1, 0.15) is 17.2 Å². The highest BCUT2D eigenvalue weighted by atomic mass is 32.2. The SMILES string of the molecule is Nc1nc(N2CCN(S(=O)(=O)Cc3ccccc3)CC2)c2[nH]c(-c3ccc(F)cc3)nc2n1. The molecule has 2 aromatic heterocycles. The van der Waals surface area contributed by atoms with E-state index in [0.29, 0.717) is 54.5 Å². The number of aromatic nitrogens is 4. The van der Waals surface area contributed by atoms with Gasteiger partial charge >= 0.3 is 0 Å². The summed E-state index contributed by atoms with van der Waals surface area (Å²) in [5.41, 5.74) is 8.39. The first-order chi connectivity index (χ1) is 15.9. The zero-order chi connectivity index (χ0) is 23.0. The summed E-state index contributed by atoms with van der Waals surface area (Å²) in [4.78, 5) is 18.3. The number of H-pyrrole nitrogens is 1. The van der Waals surface area contributed by atoms with E-state index in [9.17, 15) is 12.8 Å². The summed E-state index contributed by atoms with van der Waals surface area (Å²) in [6, 6.07) is 15.1. The number of sulfonamides is 1. The molecule has 0 bridgehead atoms. The Morgan fingerprint density at radius 1 is 0.939 bits per heavy atom. The van der Waals surface area contributed by atoms with Crippen molar-refractivity contribution in [1.82, 2.24) is 24.2 Å². The molecule has 1 aliphatic heterocycles. The molecule has 0 spiro atoms. The average molecular weight is 468 g/mol. The van der Waals surface area contributed by atoms with Crippen molar-refractivity contribution >= 4 is 33.0 Å². The van der Waals surface area contributed by atoms with E-state index in [4.69, 9.17) is 5.73 Å². The Balaban J connectivity index is 1.37. The molecule has 0 saturated carbocycles. The van der Waals surface area contributed by atoms with Crippen LogP contribution in [0.15, 0.2) is 54.6 Å². The van der Waals surface area contributed by atoms with Crippen molar-refractivity contribution in [1.29, 1.82) is 0 Å². The third-order valence-electron chi connectivity index (χ3n) is 5.59. The van der Waals surface area contributed by atoms with Crippen molar-refractivity contribution in [2.24, 2.45) is 0 Å². The minimum Gasteiger partial charge on any atom is -0.368 e. The summed E-state index contributed by atoms with van der Waals surface area (Å²) in [6.07, 6.45) is 0. The first-order valence-electron chi connectivity index (χ1n) is 10.4. The lowest BCUT2D eigenvalue weighted by Gasteiger charge is -2.34. The van der Waals surface area contributed by atoms with E-state index >= 15 is 0 Å². The zero-order valence-electron chi connectivity index (χ0n) is 17.6. The molecule has 0 radical (unpaired) electrons. The van der Waals surface area contributed by atoms with Crippen LogP contribution in [0.2, 0.25) is 0 Å². The van der Waals surface area contributed by atoms with Crippen LogP contribution in [0.25, 0.3) is 22.6 Å². The van der Waals surface area contributed by atoms with Gasteiger partial charge in [-0.3, -0.25) is 0 Å². The van der Waals surface area contributed by atoms with Crippen molar-refractivity contribution in [2.45, 2.75) is 5.75 Å². The van der Waals surface area contributed by atoms with Crippen LogP contribution in [0.4, 0.5) is 16.2 Å². The number of nitrogens with zero attached hydrogens (tertiary/aromatic N) is 5. The van der Waals surface area contributed by atoms with Crippen LogP contribution >= 0.6 is 0 Å². The van der Waals surface area contributed by atoms with E-state index in [1.807, 2.05) is 35.2 Å². The van der Waals surface area contributed by atoms with Crippen LogP contribution in [0.3, 0.4) is 0 Å². The number of benzene rings is 2. The van der Waals surface area contributed by atoms with E-state index in [-0.39, 0.29) is 17.5 Å². The second-order valence-electron chi connectivity index (χ2n) is 7.82. The maximum absolute atomic E-state index is 13.3. The molecule has 0 amide bonds. The number of nitrogens with one attached hydrogen (secondary N) is 1. The number of hydrogen-bond acceptors (Lipinski definition) is 7. The molecule has 33 heavy (non-hydrogen) atoms. The van der Waals surface area contributed by atoms with Gasteiger partial charge in [-0.25, -0.2) is 17.8 Å². The quantitative estimate of drug-likeness (QED) is 0.462. The molecule has 1 saturated heterocycles. The lowest BCUT2D eigenvalue weighted by atomic mass is 10.2. The molecule has 5 rings (SSSR count). The highest BCUT2D eigenvalue weighted by molar-refractivity contribution is 7.88. The Kier molecular flexibility index (Phi) is 5.43. The third-order valence-corrected chi connectivity index (χ3v) is 7.44. The fourth-order valence-corrected chi connectivity index (χ4v) is 5.44. The van der Waals surface area contributed by atoms with Crippen LogP contribution < -0.4 is 10.6 Å². The molecule has 1 fully saturated rings. The summed E-state index contributed by atoms with van der Waals surface area (Å²) >= 11 is 0. The lowest BCUT2D eigenvalue weighted by molar-refractivity contribution is 0.383. The predicted octanol–water partition coefficient (Wildman–Crippen LogP) is 2.39. The molecule has 0 atom stereocenters. The molecule has 0 unspecified atom stereocenters. The molecule has 3 N–H and O–H groups in total. The van der Waals surface area contributed by atoms with Crippen LogP contribution in [0.1, 0.15) is 5.56 Å². The van der Waals surface area contributed by atoms with Crippen LogP contribution in [-0.4, -0.2) is 58.8 Å². The van der Waals surface area contributed by atoms with E-state index in [2.05, 4.69) is 19.9 Å². The van der Waals surface area contributed by atoms with Gasteiger partial charge in [-0.2, -0.15) is 14.3 Å². The van der Waals surface area contributed by atoms with E-state index < -0.39 is 10.0 Å². The average Bonchev–Trinajstić information content (AvgIpc) is 3.23. The Hall–Kier alpha value is -3.57. The minimum absolute atomic E-state index is 0.0277. The number of anilines is 2. The van der Waals surface area contributed by atoms with Gasteiger partial charge in [-0.05, 0) is 29.8 Å².